The third kappa shape index (κ3) is 3.62. The fraction of sp³-hybridized carbons (Fsp3) is 0.500. The zero-order chi connectivity index (χ0) is 12.0. The number of benzene rings is 1. The Bertz CT molecular complexity index is 321. The zero-order valence-electron chi connectivity index (χ0n) is 10.2. The highest BCUT2D eigenvalue weighted by atomic mass is 15.1. The third-order valence-corrected chi connectivity index (χ3v) is 2.71. The minimum Gasteiger partial charge on any atom is -0.399 e. The van der Waals surface area contributed by atoms with Crippen molar-refractivity contribution in [1.82, 2.24) is 4.90 Å². The van der Waals surface area contributed by atoms with Crippen molar-refractivity contribution < 1.29 is 0 Å². The molecule has 5 N–H and O–H groups in total. The van der Waals surface area contributed by atoms with Crippen molar-refractivity contribution in [2.75, 3.05) is 43.0 Å². The van der Waals surface area contributed by atoms with Crippen molar-refractivity contribution in [1.29, 1.82) is 0 Å². The van der Waals surface area contributed by atoms with Gasteiger partial charge in [0, 0.05) is 18.8 Å². The summed E-state index contributed by atoms with van der Waals surface area (Å²) in [5, 5.41) is 3.32. The van der Waals surface area contributed by atoms with Crippen LogP contribution in [0.4, 0.5) is 17.1 Å². The number of hydrogen-bond acceptors (Lipinski definition) is 4. The van der Waals surface area contributed by atoms with Gasteiger partial charge >= 0.3 is 0 Å². The maximum absolute atomic E-state index is 5.85. The van der Waals surface area contributed by atoms with Crippen LogP contribution in [-0.4, -0.2) is 31.1 Å². The zero-order valence-corrected chi connectivity index (χ0v) is 10.2. The quantitative estimate of drug-likeness (QED) is 0.640. The highest BCUT2D eigenvalue weighted by molar-refractivity contribution is 5.70. The van der Waals surface area contributed by atoms with Gasteiger partial charge in [0.1, 0.15) is 0 Å². The highest BCUT2D eigenvalue weighted by Crippen LogP contribution is 2.20. The van der Waals surface area contributed by atoms with E-state index >= 15 is 0 Å². The van der Waals surface area contributed by atoms with E-state index in [0.717, 1.165) is 31.9 Å². The fourth-order valence-electron chi connectivity index (χ4n) is 1.63. The maximum Gasteiger partial charge on any atom is 0.0575 e. The van der Waals surface area contributed by atoms with E-state index in [1.807, 2.05) is 12.1 Å². The molecular weight excluding hydrogens is 200 g/mol. The predicted molar refractivity (Wildman–Crippen MR) is 71.5 cm³/mol. The first-order valence-corrected chi connectivity index (χ1v) is 5.78. The second-order valence-electron chi connectivity index (χ2n) is 3.80. The molecule has 0 aliphatic carbocycles. The van der Waals surface area contributed by atoms with Crippen molar-refractivity contribution in [3.8, 4) is 0 Å². The molecule has 0 aliphatic heterocycles. The maximum atomic E-state index is 5.85. The summed E-state index contributed by atoms with van der Waals surface area (Å²) in [7, 11) is 0. The molecule has 0 saturated heterocycles. The van der Waals surface area contributed by atoms with Crippen LogP contribution in [0.3, 0.4) is 0 Å². The second kappa shape index (κ2) is 6.23. The second-order valence-corrected chi connectivity index (χ2v) is 3.80. The summed E-state index contributed by atoms with van der Waals surface area (Å²) in [6.07, 6.45) is 0. The summed E-state index contributed by atoms with van der Waals surface area (Å²) in [6, 6.07) is 5.56. The van der Waals surface area contributed by atoms with Gasteiger partial charge in [0.2, 0.25) is 0 Å². The summed E-state index contributed by atoms with van der Waals surface area (Å²) < 4.78 is 0. The molecule has 0 atom stereocenters. The van der Waals surface area contributed by atoms with Gasteiger partial charge < -0.3 is 21.7 Å². The number of nitrogens with two attached hydrogens (primary N) is 2. The van der Waals surface area contributed by atoms with Crippen LogP contribution in [0.1, 0.15) is 13.8 Å². The summed E-state index contributed by atoms with van der Waals surface area (Å²) >= 11 is 0. The lowest BCUT2D eigenvalue weighted by Gasteiger charge is -2.19. The average molecular weight is 222 g/mol. The summed E-state index contributed by atoms with van der Waals surface area (Å²) in [6.45, 7) is 8.42. The molecule has 0 bridgehead atoms. The SMILES string of the molecule is CCN(CC)CCNc1ccc(N)cc1N. The van der Waals surface area contributed by atoms with E-state index in [1.165, 1.54) is 0 Å². The van der Waals surface area contributed by atoms with Crippen molar-refractivity contribution >= 4 is 17.1 Å². The molecule has 0 fully saturated rings. The molecular formula is C12H22N4. The van der Waals surface area contributed by atoms with Crippen molar-refractivity contribution in [3.05, 3.63) is 18.2 Å². The predicted octanol–water partition coefficient (Wildman–Crippen LogP) is 1.60. The van der Waals surface area contributed by atoms with Crippen LogP contribution in [0, 0.1) is 0 Å². The van der Waals surface area contributed by atoms with Crippen LogP contribution in [0.5, 0.6) is 0 Å². The Kier molecular flexibility index (Phi) is 4.92. The van der Waals surface area contributed by atoms with Crippen LogP contribution < -0.4 is 16.8 Å². The number of nitrogens with one attached hydrogen (secondary N) is 1. The molecule has 0 radical (unpaired) electrons. The Morgan fingerprint density at radius 3 is 2.44 bits per heavy atom. The van der Waals surface area contributed by atoms with Gasteiger partial charge in [-0.05, 0) is 31.3 Å². The third-order valence-electron chi connectivity index (χ3n) is 2.71. The van der Waals surface area contributed by atoms with Crippen molar-refractivity contribution in [2.24, 2.45) is 0 Å². The van der Waals surface area contributed by atoms with E-state index in [9.17, 15) is 0 Å². The van der Waals surface area contributed by atoms with E-state index < -0.39 is 0 Å². The van der Waals surface area contributed by atoms with Gasteiger partial charge in [-0.15, -0.1) is 0 Å². The smallest absolute Gasteiger partial charge is 0.0575 e. The lowest BCUT2D eigenvalue weighted by molar-refractivity contribution is 0.316. The molecule has 0 saturated carbocycles. The molecule has 4 nitrogen and oxygen atoms in total. The topological polar surface area (TPSA) is 67.3 Å². The van der Waals surface area contributed by atoms with Crippen LogP contribution in [0.25, 0.3) is 0 Å². The standard InChI is InChI=1S/C12H22N4/c1-3-16(4-2)8-7-15-12-6-5-10(13)9-11(12)14/h5-6,9,15H,3-4,7-8,13-14H2,1-2H3. The summed E-state index contributed by atoms with van der Waals surface area (Å²) in [4.78, 5) is 2.36. The summed E-state index contributed by atoms with van der Waals surface area (Å²) in [5.74, 6) is 0. The van der Waals surface area contributed by atoms with E-state index in [-0.39, 0.29) is 0 Å². The molecule has 16 heavy (non-hydrogen) atoms. The number of rotatable bonds is 6. The van der Waals surface area contributed by atoms with Crippen molar-refractivity contribution in [2.45, 2.75) is 13.8 Å². The van der Waals surface area contributed by atoms with E-state index in [0.29, 0.717) is 11.4 Å². The van der Waals surface area contributed by atoms with Crippen LogP contribution in [-0.2, 0) is 0 Å². The first-order chi connectivity index (χ1) is 7.67. The minimum absolute atomic E-state index is 0.701. The van der Waals surface area contributed by atoms with Gasteiger partial charge in [-0.3, -0.25) is 0 Å². The molecule has 0 aromatic heterocycles. The van der Waals surface area contributed by atoms with Gasteiger partial charge in [-0.2, -0.15) is 0 Å². The van der Waals surface area contributed by atoms with Gasteiger partial charge in [0.05, 0.1) is 11.4 Å². The Balaban J connectivity index is 2.42. The minimum atomic E-state index is 0.701. The lowest BCUT2D eigenvalue weighted by Crippen LogP contribution is -2.28. The summed E-state index contributed by atoms with van der Waals surface area (Å²) in [5.41, 5.74) is 13.8. The molecule has 90 valence electrons. The van der Waals surface area contributed by atoms with Gasteiger partial charge in [0.15, 0.2) is 0 Å². The Hall–Kier alpha value is -1.42. The normalized spacial score (nSPS) is 10.7. The number of anilines is 3. The lowest BCUT2D eigenvalue weighted by atomic mass is 10.2. The number of likely N-dealkylation sites (N-methyl/N-ethyl adjacent to an activating group) is 1. The average Bonchev–Trinajstić information content (AvgIpc) is 2.27. The number of nitrogens with zero attached hydrogens (tertiary/aromatic N) is 1. The number of nitrogen functional groups attached to an aromatic ring is 2. The largest absolute Gasteiger partial charge is 0.399 e. The van der Waals surface area contributed by atoms with Gasteiger partial charge in [-0.1, -0.05) is 13.8 Å². The van der Waals surface area contributed by atoms with E-state index in [4.69, 9.17) is 11.5 Å². The molecule has 1 aromatic rings. The Morgan fingerprint density at radius 1 is 1.19 bits per heavy atom. The Morgan fingerprint density at radius 2 is 1.88 bits per heavy atom. The molecule has 4 heteroatoms. The molecule has 0 spiro atoms. The van der Waals surface area contributed by atoms with Gasteiger partial charge in [-0.25, -0.2) is 0 Å². The molecule has 0 unspecified atom stereocenters. The van der Waals surface area contributed by atoms with Crippen LogP contribution >= 0.6 is 0 Å². The first-order valence-electron chi connectivity index (χ1n) is 5.78. The molecule has 0 amide bonds. The fourth-order valence-corrected chi connectivity index (χ4v) is 1.63. The molecule has 0 heterocycles. The molecule has 0 aliphatic rings. The van der Waals surface area contributed by atoms with E-state index in [1.54, 1.807) is 6.07 Å². The van der Waals surface area contributed by atoms with Crippen molar-refractivity contribution in [3.63, 3.8) is 0 Å². The number of hydrogen-bond donors (Lipinski definition) is 3. The van der Waals surface area contributed by atoms with Gasteiger partial charge in [0.25, 0.3) is 0 Å². The molecule has 1 rings (SSSR count). The monoisotopic (exact) mass is 222 g/mol. The Labute approximate surface area is 97.6 Å². The van der Waals surface area contributed by atoms with Crippen LogP contribution in [0.2, 0.25) is 0 Å². The molecule has 1 aromatic carbocycles. The highest BCUT2D eigenvalue weighted by Gasteiger charge is 2.01. The first kappa shape index (κ1) is 12.6. The van der Waals surface area contributed by atoms with E-state index in [2.05, 4.69) is 24.1 Å². The van der Waals surface area contributed by atoms with Crippen LogP contribution in [0.15, 0.2) is 18.2 Å².